The molecular weight excluding hydrogens is 229 g/mol. The molecule has 1 fully saturated rings. The van der Waals surface area contributed by atoms with Crippen LogP contribution < -0.4 is 10.2 Å². The third kappa shape index (κ3) is 3.21. The largest absolute Gasteiger partial charge is 0.372 e. The van der Waals surface area contributed by atoms with Gasteiger partial charge in [0.15, 0.2) is 0 Å². The molecule has 1 N–H and O–H groups in total. The van der Waals surface area contributed by atoms with E-state index in [2.05, 4.69) is 11.4 Å². The molecule has 2 rings (SSSR count). The van der Waals surface area contributed by atoms with Crippen LogP contribution in [-0.2, 0) is 0 Å². The highest BCUT2D eigenvalue weighted by Gasteiger charge is 2.33. The van der Waals surface area contributed by atoms with Gasteiger partial charge in [-0.3, -0.25) is 5.32 Å². The van der Waals surface area contributed by atoms with Gasteiger partial charge < -0.3 is 4.90 Å². The number of nitrogens with zero attached hydrogens (tertiary/aromatic N) is 2. The van der Waals surface area contributed by atoms with Crippen molar-refractivity contribution in [3.05, 3.63) is 30.1 Å². The summed E-state index contributed by atoms with van der Waals surface area (Å²) in [6.45, 7) is 2.48. The highest BCUT2D eigenvalue weighted by atomic mass is 19.1. The Morgan fingerprint density at radius 1 is 1.44 bits per heavy atom. The summed E-state index contributed by atoms with van der Waals surface area (Å²) in [5.41, 5.74) is 0.347. The number of hydrogen-bond acceptors (Lipinski definition) is 3. The predicted octanol–water partition coefficient (Wildman–Crippen LogP) is 2.30. The van der Waals surface area contributed by atoms with E-state index in [9.17, 15) is 9.65 Å². The van der Waals surface area contributed by atoms with Crippen molar-refractivity contribution in [2.75, 3.05) is 18.5 Å². The molecule has 0 radical (unpaired) electrons. The molecule has 1 aliphatic rings. The SMILES string of the molecule is CN(CC(C)(C#N)NC1CC1)c1ccc(F)cc1. The fraction of sp³-hybridized carbons (Fsp3) is 0.500. The first-order chi connectivity index (χ1) is 8.52. The zero-order valence-corrected chi connectivity index (χ0v) is 10.8. The van der Waals surface area contributed by atoms with Gasteiger partial charge in [-0.15, -0.1) is 0 Å². The molecule has 1 unspecified atom stereocenters. The number of rotatable bonds is 5. The van der Waals surface area contributed by atoms with Crippen LogP contribution in [0.3, 0.4) is 0 Å². The summed E-state index contributed by atoms with van der Waals surface area (Å²) in [6, 6.07) is 9.14. The van der Waals surface area contributed by atoms with Gasteiger partial charge in [-0.1, -0.05) is 0 Å². The summed E-state index contributed by atoms with van der Waals surface area (Å²) in [7, 11) is 1.91. The van der Waals surface area contributed by atoms with Gasteiger partial charge in [0.2, 0.25) is 0 Å². The quantitative estimate of drug-likeness (QED) is 0.867. The van der Waals surface area contributed by atoms with E-state index in [1.165, 1.54) is 12.1 Å². The van der Waals surface area contributed by atoms with Gasteiger partial charge in [-0.05, 0) is 44.0 Å². The van der Waals surface area contributed by atoms with Crippen molar-refractivity contribution in [1.82, 2.24) is 5.32 Å². The molecule has 1 aromatic carbocycles. The molecular formula is C14H18FN3. The van der Waals surface area contributed by atoms with Crippen LogP contribution in [0, 0.1) is 17.1 Å². The number of benzene rings is 1. The normalized spacial score (nSPS) is 17.9. The first-order valence-corrected chi connectivity index (χ1v) is 6.18. The van der Waals surface area contributed by atoms with Crippen LogP contribution in [0.25, 0.3) is 0 Å². The zero-order valence-electron chi connectivity index (χ0n) is 10.8. The Morgan fingerprint density at radius 2 is 2.06 bits per heavy atom. The third-order valence-corrected chi connectivity index (χ3v) is 3.17. The summed E-state index contributed by atoms with van der Waals surface area (Å²) < 4.78 is 12.9. The van der Waals surface area contributed by atoms with Gasteiger partial charge in [0.25, 0.3) is 0 Å². The standard InChI is InChI=1S/C14H18FN3/c1-14(9-16,17-12-5-6-12)10-18(2)13-7-3-11(15)4-8-13/h3-4,7-8,12,17H,5-6,10H2,1-2H3. The summed E-state index contributed by atoms with van der Waals surface area (Å²) >= 11 is 0. The van der Waals surface area contributed by atoms with Crippen LogP contribution >= 0.6 is 0 Å². The van der Waals surface area contributed by atoms with E-state index in [1.807, 2.05) is 18.9 Å². The number of halogens is 1. The molecule has 1 atom stereocenters. The lowest BCUT2D eigenvalue weighted by Gasteiger charge is -2.30. The maximum absolute atomic E-state index is 12.9. The summed E-state index contributed by atoms with van der Waals surface area (Å²) in [6.07, 6.45) is 2.30. The molecule has 0 saturated heterocycles. The maximum atomic E-state index is 12.9. The van der Waals surface area contributed by atoms with Gasteiger partial charge in [-0.2, -0.15) is 5.26 Å². The minimum Gasteiger partial charge on any atom is -0.372 e. The van der Waals surface area contributed by atoms with Crippen molar-refractivity contribution in [1.29, 1.82) is 5.26 Å². The molecule has 1 aromatic rings. The van der Waals surface area contributed by atoms with Gasteiger partial charge in [0, 0.05) is 25.3 Å². The fourth-order valence-corrected chi connectivity index (χ4v) is 2.05. The van der Waals surface area contributed by atoms with Crippen LogP contribution in [0.15, 0.2) is 24.3 Å². The zero-order chi connectivity index (χ0) is 13.2. The van der Waals surface area contributed by atoms with Gasteiger partial charge >= 0.3 is 0 Å². The highest BCUT2D eigenvalue weighted by molar-refractivity contribution is 5.46. The van der Waals surface area contributed by atoms with Crippen molar-refractivity contribution < 1.29 is 4.39 Å². The van der Waals surface area contributed by atoms with Crippen LogP contribution in [0.5, 0.6) is 0 Å². The average molecular weight is 247 g/mol. The molecule has 0 aromatic heterocycles. The highest BCUT2D eigenvalue weighted by Crippen LogP contribution is 2.23. The van der Waals surface area contributed by atoms with Crippen LogP contribution in [0.1, 0.15) is 19.8 Å². The van der Waals surface area contributed by atoms with E-state index in [0.29, 0.717) is 12.6 Å². The molecule has 3 nitrogen and oxygen atoms in total. The first kappa shape index (κ1) is 12.8. The second-order valence-electron chi connectivity index (χ2n) is 5.20. The number of anilines is 1. The van der Waals surface area contributed by atoms with Crippen LogP contribution in [0.2, 0.25) is 0 Å². The van der Waals surface area contributed by atoms with E-state index in [1.54, 1.807) is 12.1 Å². The Kier molecular flexibility index (Phi) is 3.53. The van der Waals surface area contributed by atoms with E-state index in [0.717, 1.165) is 18.5 Å². The van der Waals surface area contributed by atoms with Crippen molar-refractivity contribution in [3.8, 4) is 6.07 Å². The minimum absolute atomic E-state index is 0.244. The van der Waals surface area contributed by atoms with E-state index < -0.39 is 5.54 Å². The van der Waals surface area contributed by atoms with Crippen molar-refractivity contribution in [2.45, 2.75) is 31.3 Å². The van der Waals surface area contributed by atoms with Gasteiger partial charge in [0.1, 0.15) is 11.4 Å². The summed E-state index contributed by atoms with van der Waals surface area (Å²) in [4.78, 5) is 1.97. The Bertz CT molecular complexity index is 447. The second kappa shape index (κ2) is 4.95. The van der Waals surface area contributed by atoms with E-state index in [-0.39, 0.29) is 5.82 Å². The Labute approximate surface area is 107 Å². The van der Waals surface area contributed by atoms with E-state index >= 15 is 0 Å². The first-order valence-electron chi connectivity index (χ1n) is 6.18. The molecule has 0 spiro atoms. The predicted molar refractivity (Wildman–Crippen MR) is 69.8 cm³/mol. The smallest absolute Gasteiger partial charge is 0.123 e. The summed E-state index contributed by atoms with van der Waals surface area (Å²) in [5.74, 6) is -0.244. The molecule has 0 aliphatic heterocycles. The molecule has 18 heavy (non-hydrogen) atoms. The third-order valence-electron chi connectivity index (χ3n) is 3.17. The van der Waals surface area contributed by atoms with Crippen LogP contribution in [0.4, 0.5) is 10.1 Å². The molecule has 4 heteroatoms. The van der Waals surface area contributed by atoms with Crippen LogP contribution in [-0.4, -0.2) is 25.2 Å². The minimum atomic E-state index is -0.565. The fourth-order valence-electron chi connectivity index (χ4n) is 2.05. The Balaban J connectivity index is 2.02. The van der Waals surface area contributed by atoms with Crippen molar-refractivity contribution in [2.24, 2.45) is 0 Å². The number of hydrogen-bond donors (Lipinski definition) is 1. The van der Waals surface area contributed by atoms with E-state index in [4.69, 9.17) is 0 Å². The lowest BCUT2D eigenvalue weighted by atomic mass is 10.0. The lowest BCUT2D eigenvalue weighted by Crippen LogP contribution is -2.50. The van der Waals surface area contributed by atoms with Crippen molar-refractivity contribution >= 4 is 5.69 Å². The molecule has 1 aliphatic carbocycles. The van der Waals surface area contributed by atoms with Gasteiger partial charge in [0.05, 0.1) is 6.07 Å². The Morgan fingerprint density at radius 3 is 2.56 bits per heavy atom. The Hall–Kier alpha value is -1.60. The molecule has 0 bridgehead atoms. The number of nitriles is 1. The molecule has 0 amide bonds. The molecule has 96 valence electrons. The summed E-state index contributed by atoms with van der Waals surface area (Å²) in [5, 5.41) is 12.7. The molecule has 1 saturated carbocycles. The lowest BCUT2D eigenvalue weighted by molar-refractivity contribution is 0.446. The van der Waals surface area contributed by atoms with Gasteiger partial charge in [-0.25, -0.2) is 4.39 Å². The average Bonchev–Trinajstić information content (AvgIpc) is 3.13. The molecule has 0 heterocycles. The topological polar surface area (TPSA) is 39.1 Å². The second-order valence-corrected chi connectivity index (χ2v) is 5.20. The number of nitrogens with one attached hydrogen (secondary N) is 1. The van der Waals surface area contributed by atoms with Crippen molar-refractivity contribution in [3.63, 3.8) is 0 Å². The maximum Gasteiger partial charge on any atom is 0.123 e. The number of likely N-dealkylation sites (N-methyl/N-ethyl adjacent to an activating group) is 1. The monoisotopic (exact) mass is 247 g/mol.